The zero-order valence-corrected chi connectivity index (χ0v) is 11.9. The standard InChI is InChI=1S/C11H10N2O5S2/c1-18-10-7-8(13(14)15)4-5-9(10)12-20(16,17)11-3-2-6-19-11/h2-7,12H,1H3. The van der Waals surface area contributed by atoms with Gasteiger partial charge in [-0.25, -0.2) is 8.42 Å². The lowest BCUT2D eigenvalue weighted by atomic mass is 10.2. The van der Waals surface area contributed by atoms with Crippen molar-refractivity contribution < 1.29 is 18.1 Å². The van der Waals surface area contributed by atoms with Crippen LogP contribution in [0.2, 0.25) is 0 Å². The molecule has 0 aliphatic rings. The Bertz CT molecular complexity index is 725. The van der Waals surface area contributed by atoms with Gasteiger partial charge in [-0.2, -0.15) is 0 Å². The Labute approximate surface area is 119 Å². The number of ether oxygens (including phenoxy) is 1. The second-order valence-corrected chi connectivity index (χ2v) is 6.54. The highest BCUT2D eigenvalue weighted by Gasteiger charge is 2.19. The highest BCUT2D eigenvalue weighted by molar-refractivity contribution is 7.94. The van der Waals surface area contributed by atoms with E-state index in [0.717, 1.165) is 17.4 Å². The topological polar surface area (TPSA) is 98.5 Å². The van der Waals surface area contributed by atoms with Crippen LogP contribution in [-0.4, -0.2) is 20.5 Å². The van der Waals surface area contributed by atoms with Crippen molar-refractivity contribution in [2.45, 2.75) is 4.21 Å². The van der Waals surface area contributed by atoms with E-state index in [-0.39, 0.29) is 21.3 Å². The summed E-state index contributed by atoms with van der Waals surface area (Å²) in [5, 5.41) is 12.3. The van der Waals surface area contributed by atoms with Gasteiger partial charge in [0.15, 0.2) is 0 Å². The van der Waals surface area contributed by atoms with Gasteiger partial charge >= 0.3 is 0 Å². The molecule has 106 valence electrons. The summed E-state index contributed by atoms with van der Waals surface area (Å²) in [7, 11) is -2.41. The average molecular weight is 314 g/mol. The molecule has 20 heavy (non-hydrogen) atoms. The number of nitrogens with one attached hydrogen (secondary N) is 1. The molecular weight excluding hydrogens is 304 g/mol. The number of non-ortho nitro benzene ring substituents is 1. The first-order valence-electron chi connectivity index (χ1n) is 5.33. The van der Waals surface area contributed by atoms with E-state index in [1.807, 2.05) is 0 Å². The highest BCUT2D eigenvalue weighted by Crippen LogP contribution is 2.31. The molecule has 0 amide bonds. The number of sulfonamides is 1. The molecule has 0 unspecified atom stereocenters. The Morgan fingerprint density at radius 3 is 2.65 bits per heavy atom. The molecule has 1 N–H and O–H groups in total. The number of anilines is 1. The summed E-state index contributed by atoms with van der Waals surface area (Å²) in [6, 6.07) is 6.74. The van der Waals surface area contributed by atoms with E-state index < -0.39 is 14.9 Å². The number of nitrogens with zero attached hydrogens (tertiary/aromatic N) is 1. The smallest absolute Gasteiger partial charge is 0.273 e. The van der Waals surface area contributed by atoms with Gasteiger partial charge < -0.3 is 4.74 Å². The molecule has 1 aromatic heterocycles. The SMILES string of the molecule is COc1cc([N+](=O)[O-])ccc1NS(=O)(=O)c1cccs1. The summed E-state index contributed by atoms with van der Waals surface area (Å²) < 4.78 is 31.6. The summed E-state index contributed by atoms with van der Waals surface area (Å²) in [6.45, 7) is 0. The Hall–Kier alpha value is -2.13. The average Bonchev–Trinajstić information content (AvgIpc) is 2.93. The number of methoxy groups -OCH3 is 1. The van der Waals surface area contributed by atoms with E-state index in [2.05, 4.69) is 4.72 Å². The van der Waals surface area contributed by atoms with E-state index in [0.29, 0.717) is 0 Å². The monoisotopic (exact) mass is 314 g/mol. The van der Waals surface area contributed by atoms with Crippen molar-refractivity contribution in [3.63, 3.8) is 0 Å². The minimum Gasteiger partial charge on any atom is -0.494 e. The maximum Gasteiger partial charge on any atom is 0.273 e. The van der Waals surface area contributed by atoms with Crippen molar-refractivity contribution in [1.82, 2.24) is 0 Å². The molecule has 0 saturated carbocycles. The third-order valence-electron chi connectivity index (χ3n) is 2.40. The minimum absolute atomic E-state index is 0.0827. The molecule has 9 heteroatoms. The van der Waals surface area contributed by atoms with Gasteiger partial charge in [0.2, 0.25) is 0 Å². The van der Waals surface area contributed by atoms with Crippen LogP contribution in [0.25, 0.3) is 0 Å². The second kappa shape index (κ2) is 5.47. The van der Waals surface area contributed by atoms with Crippen LogP contribution >= 0.6 is 11.3 Å². The molecule has 0 atom stereocenters. The molecule has 0 saturated heterocycles. The Balaban J connectivity index is 2.37. The number of benzene rings is 1. The fourth-order valence-electron chi connectivity index (χ4n) is 1.49. The lowest BCUT2D eigenvalue weighted by Crippen LogP contribution is -2.12. The van der Waals surface area contributed by atoms with Crippen molar-refractivity contribution in [2.24, 2.45) is 0 Å². The molecule has 1 heterocycles. The van der Waals surface area contributed by atoms with Crippen LogP contribution in [0, 0.1) is 10.1 Å². The molecule has 0 spiro atoms. The molecule has 0 fully saturated rings. The Morgan fingerprint density at radius 2 is 2.10 bits per heavy atom. The lowest BCUT2D eigenvalue weighted by Gasteiger charge is -2.10. The van der Waals surface area contributed by atoms with Crippen molar-refractivity contribution in [3.8, 4) is 5.75 Å². The molecular formula is C11H10N2O5S2. The van der Waals surface area contributed by atoms with E-state index in [9.17, 15) is 18.5 Å². The number of hydrogen-bond acceptors (Lipinski definition) is 6. The van der Waals surface area contributed by atoms with Crippen molar-refractivity contribution in [1.29, 1.82) is 0 Å². The summed E-state index contributed by atoms with van der Waals surface area (Å²) in [5.41, 5.74) is -0.0348. The van der Waals surface area contributed by atoms with Gasteiger partial charge in [0, 0.05) is 6.07 Å². The van der Waals surface area contributed by atoms with Gasteiger partial charge in [-0.05, 0) is 17.5 Å². The second-order valence-electron chi connectivity index (χ2n) is 3.68. The fraction of sp³-hybridized carbons (Fsp3) is 0.0909. The van der Waals surface area contributed by atoms with Gasteiger partial charge in [0.25, 0.3) is 15.7 Å². The third kappa shape index (κ3) is 2.89. The van der Waals surface area contributed by atoms with Crippen molar-refractivity contribution >= 4 is 32.7 Å². The van der Waals surface area contributed by atoms with Crippen LogP contribution in [-0.2, 0) is 10.0 Å². The molecule has 0 aliphatic heterocycles. The van der Waals surface area contributed by atoms with Crippen molar-refractivity contribution in [2.75, 3.05) is 11.8 Å². The first kappa shape index (κ1) is 14.3. The summed E-state index contributed by atoms with van der Waals surface area (Å²) >= 11 is 1.07. The number of nitro groups is 1. The van der Waals surface area contributed by atoms with Gasteiger partial charge in [-0.1, -0.05) is 6.07 Å². The van der Waals surface area contributed by atoms with Crippen LogP contribution in [0.5, 0.6) is 5.75 Å². The maximum atomic E-state index is 12.1. The molecule has 0 bridgehead atoms. The van der Waals surface area contributed by atoms with E-state index in [1.165, 1.54) is 25.3 Å². The van der Waals surface area contributed by atoms with E-state index in [4.69, 9.17) is 4.74 Å². The zero-order valence-electron chi connectivity index (χ0n) is 10.3. The molecule has 1 aromatic carbocycles. The molecule has 0 aliphatic carbocycles. The van der Waals surface area contributed by atoms with E-state index >= 15 is 0 Å². The molecule has 7 nitrogen and oxygen atoms in total. The zero-order chi connectivity index (χ0) is 14.8. The number of rotatable bonds is 5. The minimum atomic E-state index is -3.72. The Kier molecular flexibility index (Phi) is 3.91. The van der Waals surface area contributed by atoms with Gasteiger partial charge in [0.05, 0.1) is 23.8 Å². The first-order valence-corrected chi connectivity index (χ1v) is 7.69. The van der Waals surface area contributed by atoms with Crippen molar-refractivity contribution in [3.05, 3.63) is 45.8 Å². The largest absolute Gasteiger partial charge is 0.494 e. The molecule has 2 rings (SSSR count). The van der Waals surface area contributed by atoms with Crippen LogP contribution < -0.4 is 9.46 Å². The van der Waals surface area contributed by atoms with Crippen LogP contribution in [0.3, 0.4) is 0 Å². The van der Waals surface area contributed by atoms with E-state index in [1.54, 1.807) is 11.4 Å². The summed E-state index contributed by atoms with van der Waals surface area (Å²) in [4.78, 5) is 10.1. The molecule has 0 radical (unpaired) electrons. The van der Waals surface area contributed by atoms with Gasteiger partial charge in [0.1, 0.15) is 9.96 Å². The number of nitro benzene ring substituents is 1. The first-order chi connectivity index (χ1) is 9.44. The van der Waals surface area contributed by atoms with Gasteiger partial charge in [-0.15, -0.1) is 11.3 Å². The van der Waals surface area contributed by atoms with Crippen LogP contribution in [0.15, 0.2) is 39.9 Å². The predicted molar refractivity (Wildman–Crippen MR) is 74.8 cm³/mol. The van der Waals surface area contributed by atoms with Gasteiger partial charge in [-0.3, -0.25) is 14.8 Å². The number of thiophene rings is 1. The fourth-order valence-corrected chi connectivity index (χ4v) is 3.55. The highest BCUT2D eigenvalue weighted by atomic mass is 32.2. The quantitative estimate of drug-likeness (QED) is 0.675. The third-order valence-corrected chi connectivity index (χ3v) is 5.16. The van der Waals surface area contributed by atoms with Crippen LogP contribution in [0.4, 0.5) is 11.4 Å². The normalized spacial score (nSPS) is 11.1. The summed E-state index contributed by atoms with van der Waals surface area (Å²) in [6.07, 6.45) is 0. The van der Waals surface area contributed by atoms with Crippen LogP contribution in [0.1, 0.15) is 0 Å². The lowest BCUT2D eigenvalue weighted by molar-refractivity contribution is -0.384. The maximum absolute atomic E-state index is 12.1. The summed E-state index contributed by atoms with van der Waals surface area (Å²) in [5.74, 6) is 0.0827. The number of hydrogen-bond donors (Lipinski definition) is 1. The molecule has 2 aromatic rings. The predicted octanol–water partition coefficient (Wildman–Crippen LogP) is 2.47. The Morgan fingerprint density at radius 1 is 1.35 bits per heavy atom.